The largest absolute Gasteiger partial charge is 0.206 e. The van der Waals surface area contributed by atoms with Gasteiger partial charge >= 0.3 is 0 Å². The molecule has 2 aromatic carbocycles. The first-order chi connectivity index (χ1) is 12.9. The number of hydrogen-bond acceptors (Lipinski definition) is 0. The number of hydrogen-bond donors (Lipinski definition) is 0. The molecule has 3 atom stereocenters. The standard InChI is InChI=1S/C22H19F5/c1-2-11-3-5-14-12(7-11)4-6-15-16(14)10-17(23)20(21(15)26)13-8-18(24)22(27)19(25)9-13/h2,8-12,14H,1,3-7H2. The minimum Gasteiger partial charge on any atom is -0.206 e. The van der Waals surface area contributed by atoms with Gasteiger partial charge in [-0.05, 0) is 84.7 Å². The van der Waals surface area contributed by atoms with Gasteiger partial charge < -0.3 is 0 Å². The maximum atomic E-state index is 15.2. The quantitative estimate of drug-likeness (QED) is 0.311. The molecule has 5 heteroatoms. The predicted molar refractivity (Wildman–Crippen MR) is 93.8 cm³/mol. The molecule has 2 aromatic rings. The lowest BCUT2D eigenvalue weighted by atomic mass is 9.65. The van der Waals surface area contributed by atoms with Gasteiger partial charge in [-0.15, -0.1) is 6.58 Å². The van der Waals surface area contributed by atoms with Crippen LogP contribution < -0.4 is 0 Å². The highest BCUT2D eigenvalue weighted by atomic mass is 19.2. The van der Waals surface area contributed by atoms with E-state index in [-0.39, 0.29) is 11.5 Å². The van der Waals surface area contributed by atoms with E-state index in [9.17, 15) is 17.6 Å². The van der Waals surface area contributed by atoms with Crippen LogP contribution in [0.25, 0.3) is 11.1 Å². The summed E-state index contributed by atoms with van der Waals surface area (Å²) in [7, 11) is 0. The highest BCUT2D eigenvalue weighted by molar-refractivity contribution is 5.67. The number of fused-ring (bicyclic) bond motifs is 3. The van der Waals surface area contributed by atoms with Crippen LogP contribution in [0.3, 0.4) is 0 Å². The maximum absolute atomic E-state index is 15.2. The Hall–Kier alpha value is -2.17. The predicted octanol–water partition coefficient (Wildman–Crippen LogP) is 6.68. The molecule has 27 heavy (non-hydrogen) atoms. The van der Waals surface area contributed by atoms with Crippen LogP contribution in [0.4, 0.5) is 22.0 Å². The molecule has 0 nitrogen and oxygen atoms in total. The Morgan fingerprint density at radius 2 is 1.56 bits per heavy atom. The van der Waals surface area contributed by atoms with Crippen LogP contribution in [0.2, 0.25) is 0 Å². The second-order valence-electron chi connectivity index (χ2n) is 7.58. The van der Waals surface area contributed by atoms with Crippen LogP contribution in [-0.4, -0.2) is 0 Å². The topological polar surface area (TPSA) is 0 Å². The molecule has 0 amide bonds. The Labute approximate surface area is 154 Å². The van der Waals surface area contributed by atoms with Crippen molar-refractivity contribution in [2.45, 2.75) is 38.0 Å². The van der Waals surface area contributed by atoms with E-state index in [1.54, 1.807) is 0 Å². The van der Waals surface area contributed by atoms with Crippen molar-refractivity contribution in [1.82, 2.24) is 0 Å². The fraction of sp³-hybridized carbons (Fsp3) is 0.364. The number of halogens is 5. The summed E-state index contributed by atoms with van der Waals surface area (Å²) in [6.07, 6.45) is 5.93. The average Bonchev–Trinajstić information content (AvgIpc) is 2.65. The molecule has 0 N–H and O–H groups in total. The first-order valence-electron chi connectivity index (χ1n) is 9.19. The summed E-state index contributed by atoms with van der Waals surface area (Å²) in [4.78, 5) is 0. The van der Waals surface area contributed by atoms with Crippen molar-refractivity contribution in [2.75, 3.05) is 0 Å². The average molecular weight is 378 g/mol. The molecular formula is C22H19F5. The van der Waals surface area contributed by atoms with Crippen LogP contribution in [0.1, 0.15) is 42.7 Å². The summed E-state index contributed by atoms with van der Waals surface area (Å²) in [5.41, 5.74) is 0.247. The molecule has 1 fully saturated rings. The summed E-state index contributed by atoms with van der Waals surface area (Å²) in [6, 6.07) is 2.57. The molecule has 0 heterocycles. The summed E-state index contributed by atoms with van der Waals surface area (Å²) in [6.45, 7) is 3.85. The van der Waals surface area contributed by atoms with Crippen molar-refractivity contribution < 1.29 is 22.0 Å². The van der Waals surface area contributed by atoms with Gasteiger partial charge in [-0.25, -0.2) is 22.0 Å². The summed E-state index contributed by atoms with van der Waals surface area (Å²) < 4.78 is 70.3. The monoisotopic (exact) mass is 378 g/mol. The number of benzene rings is 2. The van der Waals surface area contributed by atoms with E-state index >= 15 is 4.39 Å². The van der Waals surface area contributed by atoms with Crippen molar-refractivity contribution in [3.05, 3.63) is 71.1 Å². The van der Waals surface area contributed by atoms with Crippen molar-refractivity contribution in [3.8, 4) is 11.1 Å². The molecule has 0 radical (unpaired) electrons. The Morgan fingerprint density at radius 3 is 2.22 bits per heavy atom. The van der Waals surface area contributed by atoms with Crippen LogP contribution in [0.5, 0.6) is 0 Å². The van der Waals surface area contributed by atoms with Crippen molar-refractivity contribution in [2.24, 2.45) is 11.8 Å². The van der Waals surface area contributed by atoms with Crippen molar-refractivity contribution >= 4 is 0 Å². The summed E-state index contributed by atoms with van der Waals surface area (Å²) >= 11 is 0. The normalized spacial score (nSPS) is 24.3. The van der Waals surface area contributed by atoms with Gasteiger partial charge in [0, 0.05) is 0 Å². The molecule has 0 spiro atoms. The first kappa shape index (κ1) is 18.2. The molecule has 142 valence electrons. The molecule has 3 unspecified atom stereocenters. The van der Waals surface area contributed by atoms with Gasteiger partial charge in [0.1, 0.15) is 11.6 Å². The molecule has 1 saturated carbocycles. The molecule has 4 rings (SSSR count). The third-order valence-corrected chi connectivity index (χ3v) is 6.15. The molecule has 0 bridgehead atoms. The zero-order chi connectivity index (χ0) is 19.3. The molecule has 2 aliphatic rings. The van der Waals surface area contributed by atoms with Crippen LogP contribution in [0.15, 0.2) is 30.9 Å². The van der Waals surface area contributed by atoms with Crippen LogP contribution >= 0.6 is 0 Å². The van der Waals surface area contributed by atoms with E-state index in [1.807, 2.05) is 6.08 Å². The molecular weight excluding hydrogens is 359 g/mol. The Kier molecular flexibility index (Phi) is 4.57. The van der Waals surface area contributed by atoms with Gasteiger partial charge in [-0.1, -0.05) is 6.08 Å². The Balaban J connectivity index is 1.80. The lowest BCUT2D eigenvalue weighted by molar-refractivity contribution is 0.235. The second-order valence-corrected chi connectivity index (χ2v) is 7.58. The fourth-order valence-electron chi connectivity index (χ4n) is 4.80. The van der Waals surface area contributed by atoms with Gasteiger partial charge in [0.05, 0.1) is 5.56 Å². The second kappa shape index (κ2) is 6.77. The zero-order valence-corrected chi connectivity index (χ0v) is 14.7. The highest BCUT2D eigenvalue weighted by Gasteiger charge is 2.37. The van der Waals surface area contributed by atoms with Crippen molar-refractivity contribution in [3.63, 3.8) is 0 Å². The molecule has 0 saturated heterocycles. The van der Waals surface area contributed by atoms with Gasteiger partial charge in [0.15, 0.2) is 17.5 Å². The van der Waals surface area contributed by atoms with Gasteiger partial charge in [-0.2, -0.15) is 0 Å². The third kappa shape index (κ3) is 2.97. The number of allylic oxidation sites excluding steroid dienone is 1. The molecule has 0 aromatic heterocycles. The van der Waals surface area contributed by atoms with E-state index in [1.165, 1.54) is 6.07 Å². The smallest absolute Gasteiger partial charge is 0.194 e. The maximum Gasteiger partial charge on any atom is 0.194 e. The van der Waals surface area contributed by atoms with E-state index < -0.39 is 34.6 Å². The van der Waals surface area contributed by atoms with E-state index in [0.29, 0.717) is 41.5 Å². The third-order valence-electron chi connectivity index (χ3n) is 6.15. The lowest BCUT2D eigenvalue weighted by Gasteiger charge is -2.40. The van der Waals surface area contributed by atoms with Crippen molar-refractivity contribution in [1.29, 1.82) is 0 Å². The minimum absolute atomic E-state index is 0.0877. The SMILES string of the molecule is C=CC1CCC2c3cc(F)c(-c4cc(F)c(F)c(F)c4)c(F)c3CCC2C1. The van der Waals surface area contributed by atoms with Gasteiger partial charge in [0.2, 0.25) is 0 Å². The lowest BCUT2D eigenvalue weighted by Crippen LogP contribution is -2.28. The molecule has 0 aliphatic heterocycles. The van der Waals surface area contributed by atoms with Gasteiger partial charge in [-0.3, -0.25) is 0 Å². The Morgan fingerprint density at radius 1 is 0.852 bits per heavy atom. The van der Waals surface area contributed by atoms with Crippen LogP contribution in [-0.2, 0) is 6.42 Å². The zero-order valence-electron chi connectivity index (χ0n) is 14.7. The summed E-state index contributed by atoms with van der Waals surface area (Å²) in [5.74, 6) is -5.37. The minimum atomic E-state index is -1.65. The summed E-state index contributed by atoms with van der Waals surface area (Å²) in [5, 5.41) is 0. The van der Waals surface area contributed by atoms with Crippen LogP contribution in [0, 0.1) is 40.9 Å². The fourth-order valence-corrected chi connectivity index (χ4v) is 4.80. The Bertz CT molecular complexity index is 894. The number of rotatable bonds is 2. The highest BCUT2D eigenvalue weighted by Crippen LogP contribution is 2.49. The van der Waals surface area contributed by atoms with E-state index in [4.69, 9.17) is 0 Å². The van der Waals surface area contributed by atoms with E-state index in [2.05, 4.69) is 6.58 Å². The van der Waals surface area contributed by atoms with Gasteiger partial charge in [0.25, 0.3) is 0 Å². The first-order valence-corrected chi connectivity index (χ1v) is 9.19. The molecule has 2 aliphatic carbocycles. The van der Waals surface area contributed by atoms with E-state index in [0.717, 1.165) is 25.7 Å².